The van der Waals surface area contributed by atoms with Crippen molar-refractivity contribution in [2.24, 2.45) is 0 Å². The summed E-state index contributed by atoms with van der Waals surface area (Å²) in [4.78, 5) is 25.2. The Morgan fingerprint density at radius 2 is 2.04 bits per heavy atom. The molecule has 0 spiro atoms. The summed E-state index contributed by atoms with van der Waals surface area (Å²) in [5.74, 6) is 0.655. The third kappa shape index (κ3) is 3.07. The second kappa shape index (κ2) is 6.45. The van der Waals surface area contributed by atoms with Crippen LogP contribution in [0.4, 0.5) is 5.82 Å². The minimum atomic E-state index is -0.0561. The number of pyridine rings is 2. The number of carbonyl (C=O) groups excluding carboxylic acids is 1. The van der Waals surface area contributed by atoms with Crippen molar-refractivity contribution in [3.05, 3.63) is 60.6 Å². The van der Waals surface area contributed by atoms with Crippen molar-refractivity contribution in [3.8, 4) is 22.6 Å². The summed E-state index contributed by atoms with van der Waals surface area (Å²) < 4.78 is 5.78. The number of fused-ring (bicyclic) bond motifs is 1. The van der Waals surface area contributed by atoms with Crippen LogP contribution in [0.15, 0.2) is 59.4 Å². The van der Waals surface area contributed by atoms with Gasteiger partial charge in [-0.1, -0.05) is 12.1 Å². The number of aromatic nitrogens is 3. The van der Waals surface area contributed by atoms with Crippen molar-refractivity contribution in [3.63, 3.8) is 0 Å². The van der Waals surface area contributed by atoms with Gasteiger partial charge in [0, 0.05) is 29.6 Å². The van der Waals surface area contributed by atoms with Crippen LogP contribution in [0.25, 0.3) is 33.7 Å². The Morgan fingerprint density at radius 1 is 1.14 bits per heavy atom. The number of nitrogens with zero attached hydrogens (tertiary/aromatic N) is 3. The summed E-state index contributed by atoms with van der Waals surface area (Å²) in [6.45, 7) is 0. The van der Waals surface area contributed by atoms with Crippen LogP contribution in [0.3, 0.4) is 0 Å². The molecule has 0 radical (unpaired) electrons. The predicted molar refractivity (Wildman–Crippen MR) is 105 cm³/mol. The number of carbonyl (C=O) groups is 1. The van der Waals surface area contributed by atoms with Crippen LogP contribution in [-0.4, -0.2) is 26.9 Å². The SMILES string of the molecule is Nc1ncc(-c2cccc(C(=O)NC3CC3)c2)cc1-c1nc2ccncc2o1. The van der Waals surface area contributed by atoms with Gasteiger partial charge in [0.15, 0.2) is 5.58 Å². The van der Waals surface area contributed by atoms with Gasteiger partial charge < -0.3 is 15.5 Å². The van der Waals surface area contributed by atoms with E-state index < -0.39 is 0 Å². The van der Waals surface area contributed by atoms with Gasteiger partial charge in [0.25, 0.3) is 5.91 Å². The van der Waals surface area contributed by atoms with E-state index >= 15 is 0 Å². The van der Waals surface area contributed by atoms with Crippen molar-refractivity contribution in [2.75, 3.05) is 5.73 Å². The fourth-order valence-corrected chi connectivity index (χ4v) is 3.04. The predicted octanol–water partition coefficient (Wildman–Crippen LogP) is 3.43. The average Bonchev–Trinajstić information content (AvgIpc) is 3.43. The molecular formula is C21H17N5O2. The molecule has 1 aliphatic carbocycles. The van der Waals surface area contributed by atoms with Crippen molar-refractivity contribution in [2.45, 2.75) is 18.9 Å². The van der Waals surface area contributed by atoms with Crippen LogP contribution in [0.5, 0.6) is 0 Å². The average molecular weight is 371 g/mol. The van der Waals surface area contributed by atoms with E-state index in [4.69, 9.17) is 10.2 Å². The normalized spacial score (nSPS) is 13.6. The van der Waals surface area contributed by atoms with Crippen molar-refractivity contribution in [1.29, 1.82) is 0 Å². The van der Waals surface area contributed by atoms with Crippen LogP contribution < -0.4 is 11.1 Å². The van der Waals surface area contributed by atoms with Crippen LogP contribution in [0.2, 0.25) is 0 Å². The monoisotopic (exact) mass is 371 g/mol. The van der Waals surface area contributed by atoms with Crippen LogP contribution >= 0.6 is 0 Å². The van der Waals surface area contributed by atoms with E-state index in [-0.39, 0.29) is 5.91 Å². The maximum Gasteiger partial charge on any atom is 0.251 e. The summed E-state index contributed by atoms with van der Waals surface area (Å²) >= 11 is 0. The molecule has 138 valence electrons. The zero-order chi connectivity index (χ0) is 19.1. The highest BCUT2D eigenvalue weighted by atomic mass is 16.3. The number of benzene rings is 1. The summed E-state index contributed by atoms with van der Waals surface area (Å²) in [6.07, 6.45) is 7.06. The number of nitrogen functional groups attached to an aromatic ring is 1. The molecule has 7 heteroatoms. The first-order chi connectivity index (χ1) is 13.7. The van der Waals surface area contributed by atoms with Crippen LogP contribution in [-0.2, 0) is 0 Å². The first kappa shape index (κ1) is 16.4. The van der Waals surface area contributed by atoms with E-state index in [2.05, 4.69) is 20.3 Å². The molecule has 1 aliphatic rings. The first-order valence-electron chi connectivity index (χ1n) is 9.05. The van der Waals surface area contributed by atoms with E-state index in [1.54, 1.807) is 30.7 Å². The number of rotatable bonds is 4. The number of amides is 1. The quantitative estimate of drug-likeness (QED) is 0.569. The number of nitrogens with one attached hydrogen (secondary N) is 1. The zero-order valence-corrected chi connectivity index (χ0v) is 14.9. The van der Waals surface area contributed by atoms with E-state index in [0.717, 1.165) is 24.0 Å². The summed E-state index contributed by atoms with van der Waals surface area (Å²) in [7, 11) is 0. The Bertz CT molecular complexity index is 1160. The second-order valence-electron chi connectivity index (χ2n) is 6.85. The Hall–Kier alpha value is -3.74. The first-order valence-corrected chi connectivity index (χ1v) is 9.05. The highest BCUT2D eigenvalue weighted by Crippen LogP contribution is 2.31. The molecule has 0 aliphatic heterocycles. The zero-order valence-electron chi connectivity index (χ0n) is 14.9. The Balaban J connectivity index is 1.52. The molecule has 7 nitrogen and oxygen atoms in total. The number of hydrogen-bond donors (Lipinski definition) is 2. The van der Waals surface area contributed by atoms with Crippen LogP contribution in [0, 0.1) is 0 Å². The molecule has 4 aromatic rings. The highest BCUT2D eigenvalue weighted by Gasteiger charge is 2.24. The number of nitrogens with two attached hydrogens (primary N) is 1. The molecule has 1 fully saturated rings. The van der Waals surface area contributed by atoms with Gasteiger partial charge >= 0.3 is 0 Å². The molecule has 1 aromatic carbocycles. The van der Waals surface area contributed by atoms with Crippen molar-refractivity contribution in [1.82, 2.24) is 20.3 Å². The van der Waals surface area contributed by atoms with E-state index in [9.17, 15) is 4.79 Å². The third-order valence-corrected chi connectivity index (χ3v) is 4.71. The Morgan fingerprint density at radius 3 is 2.86 bits per heavy atom. The molecule has 28 heavy (non-hydrogen) atoms. The Labute approximate surface area is 160 Å². The molecule has 0 atom stereocenters. The molecule has 0 bridgehead atoms. The van der Waals surface area contributed by atoms with Gasteiger partial charge in [-0.05, 0) is 42.7 Å². The smallest absolute Gasteiger partial charge is 0.251 e. The van der Waals surface area contributed by atoms with Gasteiger partial charge in [0.05, 0.1) is 11.8 Å². The van der Waals surface area contributed by atoms with Gasteiger partial charge in [-0.3, -0.25) is 9.78 Å². The molecule has 3 N–H and O–H groups in total. The fraction of sp³-hybridized carbons (Fsp3) is 0.143. The molecule has 3 aromatic heterocycles. The maximum absolute atomic E-state index is 12.3. The number of anilines is 1. The minimum absolute atomic E-state index is 0.0561. The van der Waals surface area contributed by atoms with Gasteiger partial charge in [-0.25, -0.2) is 9.97 Å². The lowest BCUT2D eigenvalue weighted by Gasteiger charge is -2.08. The van der Waals surface area contributed by atoms with Gasteiger partial charge in [-0.15, -0.1) is 0 Å². The van der Waals surface area contributed by atoms with E-state index in [1.165, 1.54) is 0 Å². The summed E-state index contributed by atoms with van der Waals surface area (Å²) in [5, 5.41) is 3.00. The number of oxazole rings is 1. The second-order valence-corrected chi connectivity index (χ2v) is 6.85. The van der Waals surface area contributed by atoms with Gasteiger partial charge in [-0.2, -0.15) is 0 Å². The molecular weight excluding hydrogens is 354 g/mol. The minimum Gasteiger partial charge on any atom is -0.434 e. The molecule has 0 unspecified atom stereocenters. The lowest BCUT2D eigenvalue weighted by molar-refractivity contribution is 0.0951. The summed E-state index contributed by atoms with van der Waals surface area (Å²) in [5.41, 5.74) is 10.3. The molecule has 3 heterocycles. The standard InChI is InChI=1S/C21H17N5O2/c22-19-16(21-26-17-6-7-23-11-18(17)28-21)9-14(10-24-19)12-2-1-3-13(8-12)20(27)25-15-4-5-15/h1-3,6-11,15H,4-5H2,(H2,22,24)(H,25,27). The lowest BCUT2D eigenvalue weighted by Crippen LogP contribution is -2.25. The highest BCUT2D eigenvalue weighted by molar-refractivity contribution is 5.96. The molecule has 5 rings (SSSR count). The summed E-state index contributed by atoms with van der Waals surface area (Å²) in [6, 6.07) is 11.4. The van der Waals surface area contributed by atoms with Crippen molar-refractivity contribution >= 4 is 22.8 Å². The van der Waals surface area contributed by atoms with Crippen LogP contribution in [0.1, 0.15) is 23.2 Å². The number of hydrogen-bond acceptors (Lipinski definition) is 6. The van der Waals surface area contributed by atoms with E-state index in [1.807, 2.05) is 24.3 Å². The molecule has 1 saturated carbocycles. The van der Waals surface area contributed by atoms with E-state index in [0.29, 0.717) is 40.0 Å². The molecule has 1 amide bonds. The topological polar surface area (TPSA) is 107 Å². The molecule has 0 saturated heterocycles. The van der Waals surface area contributed by atoms with Crippen molar-refractivity contribution < 1.29 is 9.21 Å². The van der Waals surface area contributed by atoms with Gasteiger partial charge in [0.2, 0.25) is 5.89 Å². The Kier molecular flexibility index (Phi) is 3.79. The maximum atomic E-state index is 12.3. The largest absolute Gasteiger partial charge is 0.434 e. The lowest BCUT2D eigenvalue weighted by atomic mass is 10.0. The fourth-order valence-electron chi connectivity index (χ4n) is 3.04. The third-order valence-electron chi connectivity index (χ3n) is 4.71. The van der Waals surface area contributed by atoms with Gasteiger partial charge in [0.1, 0.15) is 11.3 Å².